The van der Waals surface area contributed by atoms with E-state index in [1.54, 1.807) is 24.3 Å². The third kappa shape index (κ3) is 4.76. The van der Waals surface area contributed by atoms with Gasteiger partial charge in [-0.2, -0.15) is 0 Å². The van der Waals surface area contributed by atoms with Crippen LogP contribution in [0.25, 0.3) is 22.6 Å². The number of nitrogens with zero attached hydrogens (tertiary/aromatic N) is 1. The molecule has 5 nitrogen and oxygen atoms in total. The van der Waals surface area contributed by atoms with E-state index in [1.807, 2.05) is 30.3 Å². The Morgan fingerprint density at radius 1 is 1.06 bits per heavy atom. The molecule has 31 heavy (non-hydrogen) atoms. The molecule has 0 aliphatic carbocycles. The first kappa shape index (κ1) is 21.0. The third-order valence-electron chi connectivity index (χ3n) is 4.79. The summed E-state index contributed by atoms with van der Waals surface area (Å²) in [6, 6.07) is 20.3. The smallest absolute Gasteiger partial charge is 0.258 e. The Morgan fingerprint density at radius 3 is 2.65 bits per heavy atom. The lowest BCUT2D eigenvalue weighted by Crippen LogP contribution is -2.34. The SMILES string of the molecule is CC(C)c1ccc2oc(-c3cccc(NC(=S)NC(=O)c4ccccc4Cl)c3)nc2c1. The van der Waals surface area contributed by atoms with Crippen LogP contribution >= 0.6 is 23.8 Å². The summed E-state index contributed by atoms with van der Waals surface area (Å²) in [5, 5.41) is 6.19. The van der Waals surface area contributed by atoms with Crippen LogP contribution in [0.5, 0.6) is 0 Å². The maximum Gasteiger partial charge on any atom is 0.258 e. The van der Waals surface area contributed by atoms with Gasteiger partial charge in [0.05, 0.1) is 10.6 Å². The van der Waals surface area contributed by atoms with Crippen molar-refractivity contribution >= 4 is 51.6 Å². The van der Waals surface area contributed by atoms with Crippen molar-refractivity contribution in [3.8, 4) is 11.5 Å². The van der Waals surface area contributed by atoms with Crippen molar-refractivity contribution in [2.45, 2.75) is 19.8 Å². The average Bonchev–Trinajstić information content (AvgIpc) is 3.17. The average molecular weight is 450 g/mol. The molecule has 0 saturated carbocycles. The first-order valence-corrected chi connectivity index (χ1v) is 10.6. The molecule has 4 aromatic rings. The lowest BCUT2D eigenvalue weighted by Gasteiger charge is -2.10. The first-order chi connectivity index (χ1) is 14.9. The van der Waals surface area contributed by atoms with E-state index >= 15 is 0 Å². The molecule has 0 saturated heterocycles. The number of aromatic nitrogens is 1. The predicted molar refractivity (Wildman–Crippen MR) is 129 cm³/mol. The molecule has 7 heteroatoms. The maximum absolute atomic E-state index is 12.4. The second-order valence-electron chi connectivity index (χ2n) is 7.37. The minimum absolute atomic E-state index is 0.168. The normalized spacial score (nSPS) is 11.0. The summed E-state index contributed by atoms with van der Waals surface area (Å²) in [7, 11) is 0. The summed E-state index contributed by atoms with van der Waals surface area (Å²) >= 11 is 11.4. The Balaban J connectivity index is 1.51. The van der Waals surface area contributed by atoms with Gasteiger partial charge in [0, 0.05) is 11.3 Å². The number of rotatable bonds is 4. The zero-order valence-corrected chi connectivity index (χ0v) is 18.6. The van der Waals surface area contributed by atoms with E-state index in [0.717, 1.165) is 16.7 Å². The molecule has 1 amide bonds. The molecule has 156 valence electrons. The summed E-state index contributed by atoms with van der Waals surface area (Å²) in [6.07, 6.45) is 0. The molecule has 0 spiro atoms. The van der Waals surface area contributed by atoms with E-state index < -0.39 is 0 Å². The zero-order chi connectivity index (χ0) is 22.0. The largest absolute Gasteiger partial charge is 0.436 e. The van der Waals surface area contributed by atoms with E-state index in [4.69, 9.17) is 28.2 Å². The summed E-state index contributed by atoms with van der Waals surface area (Å²) in [5.41, 5.74) is 4.62. The highest BCUT2D eigenvalue weighted by Gasteiger charge is 2.13. The zero-order valence-electron chi connectivity index (χ0n) is 17.0. The molecule has 0 radical (unpaired) electrons. The number of thiocarbonyl (C=S) groups is 1. The van der Waals surface area contributed by atoms with Crippen molar-refractivity contribution in [3.05, 3.63) is 82.9 Å². The van der Waals surface area contributed by atoms with Crippen molar-refractivity contribution in [2.24, 2.45) is 0 Å². The standard InChI is InChI=1S/C24H20ClN3O2S/c1-14(2)15-10-11-21-20(13-15)27-23(30-21)16-6-5-7-17(12-16)26-24(31)28-22(29)18-8-3-4-9-19(18)25/h3-14H,1-2H3,(H2,26,28,29,31). The van der Waals surface area contributed by atoms with E-state index in [2.05, 4.69) is 41.6 Å². The number of fused-ring (bicyclic) bond motifs is 1. The number of oxazole rings is 1. The van der Waals surface area contributed by atoms with Crippen molar-refractivity contribution < 1.29 is 9.21 Å². The number of carbonyl (C=O) groups excluding carboxylic acids is 1. The Hall–Kier alpha value is -3.22. The maximum atomic E-state index is 12.4. The van der Waals surface area contributed by atoms with Gasteiger partial charge in [-0.1, -0.05) is 49.7 Å². The minimum Gasteiger partial charge on any atom is -0.436 e. The number of hydrogen-bond donors (Lipinski definition) is 2. The predicted octanol–water partition coefficient (Wildman–Crippen LogP) is 6.40. The van der Waals surface area contributed by atoms with Crippen LogP contribution in [0.2, 0.25) is 5.02 Å². The van der Waals surface area contributed by atoms with Gasteiger partial charge in [-0.25, -0.2) is 4.98 Å². The molecule has 1 heterocycles. The Kier molecular flexibility index (Phi) is 6.02. The topological polar surface area (TPSA) is 67.2 Å². The van der Waals surface area contributed by atoms with Gasteiger partial charge in [0.15, 0.2) is 10.7 Å². The highest BCUT2D eigenvalue weighted by molar-refractivity contribution is 7.80. The number of anilines is 1. The van der Waals surface area contributed by atoms with Gasteiger partial charge < -0.3 is 9.73 Å². The fraction of sp³-hybridized carbons (Fsp3) is 0.125. The van der Waals surface area contributed by atoms with Crippen LogP contribution in [-0.4, -0.2) is 16.0 Å². The molecule has 0 unspecified atom stereocenters. The van der Waals surface area contributed by atoms with Gasteiger partial charge in [0.1, 0.15) is 5.52 Å². The molecular formula is C24H20ClN3O2S. The molecule has 2 N–H and O–H groups in total. The van der Waals surface area contributed by atoms with Crippen LogP contribution in [0, 0.1) is 0 Å². The van der Waals surface area contributed by atoms with Crippen LogP contribution in [0.3, 0.4) is 0 Å². The highest BCUT2D eigenvalue weighted by Crippen LogP contribution is 2.28. The number of benzene rings is 3. The number of amides is 1. The van der Waals surface area contributed by atoms with Gasteiger partial charge in [0.25, 0.3) is 5.91 Å². The highest BCUT2D eigenvalue weighted by atomic mass is 35.5. The molecule has 3 aromatic carbocycles. The summed E-state index contributed by atoms with van der Waals surface area (Å²) in [4.78, 5) is 17.0. The summed E-state index contributed by atoms with van der Waals surface area (Å²) in [5.74, 6) is 0.559. The van der Waals surface area contributed by atoms with E-state index in [-0.39, 0.29) is 11.0 Å². The third-order valence-corrected chi connectivity index (χ3v) is 5.32. The van der Waals surface area contributed by atoms with Gasteiger partial charge in [-0.3, -0.25) is 10.1 Å². The Labute approximate surface area is 190 Å². The lowest BCUT2D eigenvalue weighted by molar-refractivity contribution is 0.0978. The van der Waals surface area contributed by atoms with Crippen LogP contribution in [-0.2, 0) is 0 Å². The second-order valence-corrected chi connectivity index (χ2v) is 8.19. The summed E-state index contributed by atoms with van der Waals surface area (Å²) < 4.78 is 5.93. The van der Waals surface area contributed by atoms with E-state index in [9.17, 15) is 4.79 Å². The molecule has 0 aliphatic rings. The number of carbonyl (C=O) groups is 1. The van der Waals surface area contributed by atoms with Gasteiger partial charge in [-0.05, 0) is 66.2 Å². The number of hydrogen-bond acceptors (Lipinski definition) is 4. The minimum atomic E-state index is -0.376. The van der Waals surface area contributed by atoms with Crippen LogP contribution in [0.15, 0.2) is 71.1 Å². The Morgan fingerprint density at radius 2 is 1.87 bits per heavy atom. The molecular weight excluding hydrogens is 430 g/mol. The molecule has 0 aliphatic heterocycles. The lowest BCUT2D eigenvalue weighted by atomic mass is 10.0. The van der Waals surface area contributed by atoms with Crippen LogP contribution < -0.4 is 10.6 Å². The molecule has 0 atom stereocenters. The quantitative estimate of drug-likeness (QED) is 0.353. The molecule has 0 bridgehead atoms. The second kappa shape index (κ2) is 8.88. The summed E-state index contributed by atoms with van der Waals surface area (Å²) in [6.45, 7) is 4.29. The fourth-order valence-corrected chi connectivity index (χ4v) is 3.57. The molecule has 0 fully saturated rings. The van der Waals surface area contributed by atoms with Gasteiger partial charge >= 0.3 is 0 Å². The first-order valence-electron chi connectivity index (χ1n) is 9.78. The van der Waals surface area contributed by atoms with E-state index in [0.29, 0.717) is 28.1 Å². The van der Waals surface area contributed by atoms with E-state index in [1.165, 1.54) is 5.56 Å². The van der Waals surface area contributed by atoms with Crippen LogP contribution in [0.1, 0.15) is 35.7 Å². The monoisotopic (exact) mass is 449 g/mol. The number of nitrogens with one attached hydrogen (secondary N) is 2. The van der Waals surface area contributed by atoms with Crippen molar-refractivity contribution in [2.75, 3.05) is 5.32 Å². The van der Waals surface area contributed by atoms with Crippen molar-refractivity contribution in [3.63, 3.8) is 0 Å². The van der Waals surface area contributed by atoms with Gasteiger partial charge in [-0.15, -0.1) is 0 Å². The van der Waals surface area contributed by atoms with Crippen molar-refractivity contribution in [1.29, 1.82) is 0 Å². The Bertz CT molecular complexity index is 1280. The van der Waals surface area contributed by atoms with Crippen molar-refractivity contribution in [1.82, 2.24) is 10.3 Å². The molecule has 4 rings (SSSR count). The molecule has 1 aromatic heterocycles. The van der Waals surface area contributed by atoms with Crippen LogP contribution in [0.4, 0.5) is 5.69 Å². The van der Waals surface area contributed by atoms with Gasteiger partial charge in [0.2, 0.25) is 5.89 Å². The fourth-order valence-electron chi connectivity index (χ4n) is 3.14. The number of halogens is 1.